The number of carbonyl (C=O) groups excluding carboxylic acids is 2. The van der Waals surface area contributed by atoms with Crippen molar-refractivity contribution in [2.75, 3.05) is 31.5 Å². The first-order chi connectivity index (χ1) is 18.4. The van der Waals surface area contributed by atoms with Gasteiger partial charge in [-0.05, 0) is 37.5 Å². The van der Waals surface area contributed by atoms with Gasteiger partial charge in [0.05, 0.1) is 19.9 Å². The van der Waals surface area contributed by atoms with Crippen LogP contribution in [0.15, 0.2) is 36.8 Å². The standard InChI is InChI=1S/C18H24ClN5O3.C6H6ClN3O2/c1-11(2)8-18(3,20)10-27-15-13(19)7-12(9-22-15)14-5-6-21-16(23-14)24-17(25)26-4;1-12-6(11)10-5-8-3-2-4(7)9-5/h5-7,9,11H,8,10,20H2,1-4H3,(H,21,23,24,25);2-3H,1H3,(H,8,9,10,11)/t18-;/m1./s1. The van der Waals surface area contributed by atoms with E-state index in [4.69, 9.17) is 33.7 Å². The molecule has 0 fully saturated rings. The summed E-state index contributed by atoms with van der Waals surface area (Å²) in [6.45, 7) is 6.45. The van der Waals surface area contributed by atoms with E-state index >= 15 is 0 Å². The van der Waals surface area contributed by atoms with Gasteiger partial charge in [-0.15, -0.1) is 0 Å². The molecule has 2 amide bonds. The summed E-state index contributed by atoms with van der Waals surface area (Å²) in [6, 6.07) is 4.87. The average molecular weight is 581 g/mol. The van der Waals surface area contributed by atoms with Crippen molar-refractivity contribution in [3.63, 3.8) is 0 Å². The van der Waals surface area contributed by atoms with Gasteiger partial charge in [-0.25, -0.2) is 34.5 Å². The molecule has 3 aromatic heterocycles. The number of nitrogens with one attached hydrogen (secondary N) is 2. The zero-order chi connectivity index (χ0) is 29.0. The summed E-state index contributed by atoms with van der Waals surface area (Å²) in [6.07, 6.45) is 4.07. The monoisotopic (exact) mass is 580 g/mol. The van der Waals surface area contributed by atoms with E-state index in [1.54, 1.807) is 18.3 Å². The molecule has 0 spiro atoms. The van der Waals surface area contributed by atoms with Gasteiger partial charge >= 0.3 is 12.2 Å². The molecular weight excluding hydrogens is 551 g/mol. The molecule has 3 rings (SSSR count). The van der Waals surface area contributed by atoms with Crippen LogP contribution in [0.2, 0.25) is 10.2 Å². The topological polar surface area (TPSA) is 176 Å². The second-order valence-electron chi connectivity index (χ2n) is 8.75. The van der Waals surface area contributed by atoms with Crippen molar-refractivity contribution in [1.82, 2.24) is 24.9 Å². The molecule has 0 aromatic carbocycles. The SMILES string of the molecule is COC(=O)Nc1nccc(-c2cnc(OC[C@](C)(N)CC(C)C)c(Cl)c2)n1.COC(=O)Nc1nccc(Cl)n1. The zero-order valence-corrected chi connectivity index (χ0v) is 23.6. The van der Waals surface area contributed by atoms with Gasteiger partial charge in [0.25, 0.3) is 0 Å². The number of hydrogen-bond donors (Lipinski definition) is 3. The van der Waals surface area contributed by atoms with Gasteiger partial charge in [0.15, 0.2) is 0 Å². The lowest BCUT2D eigenvalue weighted by atomic mass is 9.93. The van der Waals surface area contributed by atoms with Crippen molar-refractivity contribution >= 4 is 47.3 Å². The number of nitrogens with zero attached hydrogens (tertiary/aromatic N) is 5. The summed E-state index contributed by atoms with van der Waals surface area (Å²) >= 11 is 11.8. The van der Waals surface area contributed by atoms with E-state index in [0.29, 0.717) is 34.7 Å². The first-order valence-corrected chi connectivity index (χ1v) is 12.3. The van der Waals surface area contributed by atoms with Crippen molar-refractivity contribution in [3.05, 3.63) is 47.0 Å². The smallest absolute Gasteiger partial charge is 0.413 e. The van der Waals surface area contributed by atoms with Crippen molar-refractivity contribution in [2.45, 2.75) is 32.7 Å². The summed E-state index contributed by atoms with van der Waals surface area (Å²) < 4.78 is 14.6. The molecule has 0 radical (unpaired) electrons. The van der Waals surface area contributed by atoms with E-state index in [1.165, 1.54) is 32.7 Å². The number of nitrogens with two attached hydrogens (primary N) is 1. The summed E-state index contributed by atoms with van der Waals surface area (Å²) in [7, 11) is 2.51. The fourth-order valence-electron chi connectivity index (χ4n) is 3.16. The largest absolute Gasteiger partial charge is 0.475 e. The lowest BCUT2D eigenvalue weighted by molar-refractivity contribution is 0.186. The highest BCUT2D eigenvalue weighted by Gasteiger charge is 2.22. The van der Waals surface area contributed by atoms with Crippen LogP contribution in [0.25, 0.3) is 11.3 Å². The number of ether oxygens (including phenoxy) is 3. The Morgan fingerprint density at radius 2 is 1.59 bits per heavy atom. The lowest BCUT2D eigenvalue weighted by Gasteiger charge is -2.26. The molecule has 13 nitrogen and oxygen atoms in total. The predicted molar refractivity (Wildman–Crippen MR) is 147 cm³/mol. The van der Waals surface area contributed by atoms with Crippen molar-refractivity contribution in [1.29, 1.82) is 0 Å². The summed E-state index contributed by atoms with van der Waals surface area (Å²) in [5.41, 5.74) is 6.97. The Labute approximate surface area is 235 Å². The van der Waals surface area contributed by atoms with Gasteiger partial charge in [0, 0.05) is 29.7 Å². The summed E-state index contributed by atoms with van der Waals surface area (Å²) in [5, 5.41) is 5.27. The summed E-state index contributed by atoms with van der Waals surface area (Å²) in [4.78, 5) is 41.8. The first-order valence-electron chi connectivity index (χ1n) is 11.5. The average Bonchev–Trinajstić information content (AvgIpc) is 2.87. The molecule has 0 saturated heterocycles. The molecule has 0 aliphatic heterocycles. The molecule has 1 atom stereocenters. The van der Waals surface area contributed by atoms with Gasteiger partial charge < -0.3 is 19.9 Å². The molecule has 0 saturated carbocycles. The summed E-state index contributed by atoms with van der Waals surface area (Å²) in [5.74, 6) is 1.00. The van der Waals surface area contributed by atoms with Crippen LogP contribution >= 0.6 is 23.2 Å². The van der Waals surface area contributed by atoms with Crippen LogP contribution in [-0.2, 0) is 9.47 Å². The number of anilines is 2. The van der Waals surface area contributed by atoms with E-state index in [2.05, 4.69) is 58.9 Å². The predicted octanol–water partition coefficient (Wildman–Crippen LogP) is 4.82. The highest BCUT2D eigenvalue weighted by molar-refractivity contribution is 6.32. The van der Waals surface area contributed by atoms with E-state index in [0.717, 1.165) is 6.42 Å². The van der Waals surface area contributed by atoms with Crippen LogP contribution in [-0.4, -0.2) is 63.5 Å². The van der Waals surface area contributed by atoms with Gasteiger partial charge in [0.2, 0.25) is 17.8 Å². The minimum Gasteiger partial charge on any atom is -0.475 e. The number of methoxy groups -OCH3 is 2. The molecular formula is C24H30Cl2N8O5. The van der Waals surface area contributed by atoms with Crippen LogP contribution in [0.3, 0.4) is 0 Å². The maximum Gasteiger partial charge on any atom is 0.413 e. The molecule has 39 heavy (non-hydrogen) atoms. The van der Waals surface area contributed by atoms with Crippen molar-refractivity contribution < 1.29 is 23.8 Å². The van der Waals surface area contributed by atoms with Crippen molar-refractivity contribution in [3.8, 4) is 17.1 Å². The van der Waals surface area contributed by atoms with Gasteiger partial charge in [-0.2, -0.15) is 0 Å². The normalized spacial score (nSPS) is 11.9. The number of pyridine rings is 1. The van der Waals surface area contributed by atoms with Crippen LogP contribution in [0, 0.1) is 5.92 Å². The third-order valence-corrected chi connectivity index (χ3v) is 5.07. The molecule has 15 heteroatoms. The first kappa shape index (κ1) is 31.4. The Balaban J connectivity index is 0.000000370. The van der Waals surface area contributed by atoms with Crippen molar-refractivity contribution in [2.24, 2.45) is 11.7 Å². The Morgan fingerprint density at radius 3 is 2.13 bits per heavy atom. The van der Waals surface area contributed by atoms with E-state index < -0.39 is 17.7 Å². The second-order valence-corrected chi connectivity index (χ2v) is 9.55. The molecule has 3 heterocycles. The highest BCUT2D eigenvalue weighted by Crippen LogP contribution is 2.28. The highest BCUT2D eigenvalue weighted by atomic mass is 35.5. The van der Waals surface area contributed by atoms with Crippen LogP contribution in [0.5, 0.6) is 5.88 Å². The Kier molecular flexibility index (Phi) is 12.0. The van der Waals surface area contributed by atoms with E-state index in [9.17, 15) is 9.59 Å². The van der Waals surface area contributed by atoms with Crippen LogP contribution in [0.4, 0.5) is 21.5 Å². The minimum atomic E-state index is -0.654. The third-order valence-electron chi connectivity index (χ3n) is 4.59. The number of hydrogen-bond acceptors (Lipinski definition) is 11. The fraction of sp³-hybridized carbons (Fsp3) is 0.375. The van der Waals surface area contributed by atoms with Crippen LogP contribution in [0.1, 0.15) is 27.2 Å². The molecule has 0 aliphatic rings. The van der Waals surface area contributed by atoms with E-state index in [-0.39, 0.29) is 17.0 Å². The Hall–Kier alpha value is -3.81. The molecule has 4 N–H and O–H groups in total. The number of carbonyl (C=O) groups is 2. The van der Waals surface area contributed by atoms with Gasteiger partial charge in [-0.3, -0.25) is 10.6 Å². The molecule has 0 aliphatic carbocycles. The number of halogens is 2. The molecule has 3 aromatic rings. The number of aromatic nitrogens is 5. The van der Waals surface area contributed by atoms with E-state index in [1.807, 2.05) is 6.92 Å². The minimum absolute atomic E-state index is 0.114. The quantitative estimate of drug-likeness (QED) is 0.311. The second kappa shape index (κ2) is 15.0. The molecule has 210 valence electrons. The van der Waals surface area contributed by atoms with Crippen LogP contribution < -0.4 is 21.1 Å². The third kappa shape index (κ3) is 11.2. The lowest BCUT2D eigenvalue weighted by Crippen LogP contribution is -2.43. The zero-order valence-electron chi connectivity index (χ0n) is 22.1. The Bertz CT molecular complexity index is 1260. The Morgan fingerprint density at radius 1 is 1.00 bits per heavy atom. The maximum atomic E-state index is 11.3. The fourth-order valence-corrected chi connectivity index (χ4v) is 3.51. The van der Waals surface area contributed by atoms with Gasteiger partial charge in [-0.1, -0.05) is 37.0 Å². The van der Waals surface area contributed by atoms with Gasteiger partial charge in [0.1, 0.15) is 16.8 Å². The number of amides is 2. The molecule has 0 bridgehead atoms. The number of rotatable bonds is 8. The maximum absolute atomic E-state index is 11.3. The molecule has 0 unspecified atom stereocenters.